The number of hydrogen-bond acceptors (Lipinski definition) is 4. The second kappa shape index (κ2) is 6.07. The Kier molecular flexibility index (Phi) is 3.94. The average molecular weight is 317 g/mol. The Morgan fingerprint density at radius 2 is 2.14 bits per heavy atom. The van der Waals surface area contributed by atoms with E-state index in [1.807, 2.05) is 0 Å². The highest BCUT2D eigenvalue weighted by Gasteiger charge is 2.25. The Morgan fingerprint density at radius 1 is 1.27 bits per heavy atom. The summed E-state index contributed by atoms with van der Waals surface area (Å²) in [5.41, 5.74) is 2.51. The van der Waals surface area contributed by atoms with Crippen molar-refractivity contribution in [1.29, 1.82) is 0 Å². The van der Waals surface area contributed by atoms with Crippen molar-refractivity contribution in [3.63, 3.8) is 0 Å². The number of thiophene rings is 1. The Balaban J connectivity index is 1.41. The zero-order valence-electron chi connectivity index (χ0n) is 13.1. The fraction of sp³-hybridized carbons (Fsp3) is 0.529. The number of fused-ring (bicyclic) bond motifs is 3. The minimum Gasteiger partial charge on any atom is -0.309 e. The van der Waals surface area contributed by atoms with Crippen LogP contribution >= 0.6 is 11.3 Å². The Labute approximate surface area is 135 Å². The maximum Gasteiger partial charge on any atom is 0.126 e. The quantitative estimate of drug-likeness (QED) is 0.861. The standard InChI is InChI=1S/C17H23N3OS/c1-2-18-9-5-14(6-10-18)13-21-20-12-15-4-3-8-19(15)17-16(20)7-11-22-17/h3-4,7-8,11,14H,2,5-6,9-10,12-13H2,1H3. The van der Waals surface area contributed by atoms with Crippen molar-refractivity contribution in [3.8, 4) is 5.00 Å². The first kappa shape index (κ1) is 14.3. The number of likely N-dealkylation sites (tertiary alicyclic amines) is 1. The molecule has 0 aliphatic carbocycles. The van der Waals surface area contributed by atoms with E-state index in [1.54, 1.807) is 11.3 Å². The molecule has 0 bridgehead atoms. The molecule has 1 saturated heterocycles. The first-order valence-electron chi connectivity index (χ1n) is 8.22. The molecule has 0 amide bonds. The predicted molar refractivity (Wildman–Crippen MR) is 90.6 cm³/mol. The number of anilines is 1. The van der Waals surface area contributed by atoms with Gasteiger partial charge in [0, 0.05) is 11.9 Å². The van der Waals surface area contributed by atoms with Crippen LogP contribution in [-0.4, -0.2) is 35.7 Å². The molecule has 118 valence electrons. The molecule has 0 aromatic carbocycles. The zero-order valence-corrected chi connectivity index (χ0v) is 13.9. The maximum atomic E-state index is 6.21. The summed E-state index contributed by atoms with van der Waals surface area (Å²) >= 11 is 1.78. The van der Waals surface area contributed by atoms with E-state index < -0.39 is 0 Å². The Morgan fingerprint density at radius 3 is 2.95 bits per heavy atom. The molecule has 1 fully saturated rings. The van der Waals surface area contributed by atoms with Gasteiger partial charge in [0.1, 0.15) is 5.00 Å². The van der Waals surface area contributed by atoms with E-state index in [2.05, 4.69) is 51.2 Å². The third-order valence-electron chi connectivity index (χ3n) is 4.87. The summed E-state index contributed by atoms with van der Waals surface area (Å²) in [6, 6.07) is 6.46. The fourth-order valence-electron chi connectivity index (χ4n) is 3.42. The normalized spacial score (nSPS) is 19.2. The van der Waals surface area contributed by atoms with Crippen LogP contribution in [0, 0.1) is 5.92 Å². The summed E-state index contributed by atoms with van der Waals surface area (Å²) in [6.07, 6.45) is 4.66. The lowest BCUT2D eigenvalue weighted by Crippen LogP contribution is -2.37. The molecule has 22 heavy (non-hydrogen) atoms. The number of nitrogens with zero attached hydrogens (tertiary/aromatic N) is 3. The largest absolute Gasteiger partial charge is 0.309 e. The summed E-state index contributed by atoms with van der Waals surface area (Å²) in [5.74, 6) is 0.693. The summed E-state index contributed by atoms with van der Waals surface area (Å²) in [4.78, 5) is 8.74. The topological polar surface area (TPSA) is 20.6 Å². The Bertz CT molecular complexity index is 627. The highest BCUT2D eigenvalue weighted by atomic mass is 32.1. The molecule has 0 unspecified atom stereocenters. The van der Waals surface area contributed by atoms with E-state index in [4.69, 9.17) is 4.84 Å². The van der Waals surface area contributed by atoms with Gasteiger partial charge in [-0.1, -0.05) is 6.92 Å². The summed E-state index contributed by atoms with van der Waals surface area (Å²) in [6.45, 7) is 7.54. The summed E-state index contributed by atoms with van der Waals surface area (Å²) in [5, 5.41) is 5.51. The smallest absolute Gasteiger partial charge is 0.126 e. The third kappa shape index (κ3) is 2.57. The molecule has 0 saturated carbocycles. The van der Waals surface area contributed by atoms with Crippen molar-refractivity contribution in [2.24, 2.45) is 5.92 Å². The van der Waals surface area contributed by atoms with Crippen molar-refractivity contribution in [3.05, 3.63) is 35.5 Å². The molecule has 0 radical (unpaired) electrons. The van der Waals surface area contributed by atoms with Crippen LogP contribution in [0.1, 0.15) is 25.5 Å². The van der Waals surface area contributed by atoms with E-state index in [9.17, 15) is 0 Å². The number of hydroxylamine groups is 1. The number of piperidine rings is 1. The van der Waals surface area contributed by atoms with Crippen LogP contribution in [0.5, 0.6) is 0 Å². The lowest BCUT2D eigenvalue weighted by molar-refractivity contribution is 0.0476. The van der Waals surface area contributed by atoms with Gasteiger partial charge < -0.3 is 9.47 Å². The molecule has 2 aromatic rings. The molecule has 2 aliphatic rings. The van der Waals surface area contributed by atoms with Crippen LogP contribution in [-0.2, 0) is 11.4 Å². The number of aromatic nitrogens is 1. The van der Waals surface area contributed by atoms with Crippen LogP contribution in [0.3, 0.4) is 0 Å². The van der Waals surface area contributed by atoms with Gasteiger partial charge in [-0.3, -0.25) is 4.84 Å². The maximum absolute atomic E-state index is 6.21. The highest BCUT2D eigenvalue weighted by Crippen LogP contribution is 2.36. The van der Waals surface area contributed by atoms with Crippen molar-refractivity contribution < 1.29 is 4.84 Å². The minimum absolute atomic E-state index is 0.693. The van der Waals surface area contributed by atoms with E-state index >= 15 is 0 Å². The second-order valence-corrected chi connectivity index (χ2v) is 7.09. The van der Waals surface area contributed by atoms with Crippen molar-refractivity contribution >= 4 is 17.0 Å². The summed E-state index contributed by atoms with van der Waals surface area (Å²) in [7, 11) is 0. The van der Waals surface area contributed by atoms with Crippen LogP contribution in [0.2, 0.25) is 0 Å². The molecular formula is C17H23N3OS. The van der Waals surface area contributed by atoms with Crippen LogP contribution in [0.4, 0.5) is 5.69 Å². The minimum atomic E-state index is 0.693. The van der Waals surface area contributed by atoms with Gasteiger partial charge in [-0.15, -0.1) is 11.3 Å². The van der Waals surface area contributed by atoms with Crippen LogP contribution in [0.15, 0.2) is 29.8 Å². The van der Waals surface area contributed by atoms with E-state index in [1.165, 1.54) is 48.9 Å². The molecular weight excluding hydrogens is 294 g/mol. The lowest BCUT2D eigenvalue weighted by atomic mass is 9.98. The predicted octanol–water partition coefficient (Wildman–Crippen LogP) is 3.52. The lowest BCUT2D eigenvalue weighted by Gasteiger charge is -2.34. The molecule has 0 atom stereocenters. The first-order valence-corrected chi connectivity index (χ1v) is 9.10. The van der Waals surface area contributed by atoms with Gasteiger partial charge in [0.25, 0.3) is 0 Å². The number of hydrogen-bond donors (Lipinski definition) is 0. The molecule has 4 heterocycles. The van der Waals surface area contributed by atoms with E-state index in [-0.39, 0.29) is 0 Å². The van der Waals surface area contributed by atoms with E-state index in [0.29, 0.717) is 5.92 Å². The molecule has 4 nitrogen and oxygen atoms in total. The van der Waals surface area contributed by atoms with E-state index in [0.717, 1.165) is 13.2 Å². The van der Waals surface area contributed by atoms with Gasteiger partial charge >= 0.3 is 0 Å². The molecule has 2 aromatic heterocycles. The van der Waals surface area contributed by atoms with Gasteiger partial charge in [-0.2, -0.15) is 0 Å². The average Bonchev–Trinajstić information content (AvgIpc) is 3.21. The molecule has 2 aliphatic heterocycles. The molecule has 5 heteroatoms. The monoisotopic (exact) mass is 317 g/mol. The van der Waals surface area contributed by atoms with Gasteiger partial charge in [0.2, 0.25) is 0 Å². The van der Waals surface area contributed by atoms with Crippen molar-refractivity contribution in [1.82, 2.24) is 9.47 Å². The van der Waals surface area contributed by atoms with Gasteiger partial charge in [0.05, 0.1) is 18.8 Å². The fourth-order valence-corrected chi connectivity index (χ4v) is 4.33. The van der Waals surface area contributed by atoms with Gasteiger partial charge in [-0.05, 0) is 62.0 Å². The van der Waals surface area contributed by atoms with Gasteiger partial charge in [-0.25, -0.2) is 5.06 Å². The van der Waals surface area contributed by atoms with Gasteiger partial charge in [0.15, 0.2) is 0 Å². The van der Waals surface area contributed by atoms with Crippen LogP contribution in [0.25, 0.3) is 5.00 Å². The molecule has 0 N–H and O–H groups in total. The van der Waals surface area contributed by atoms with Crippen molar-refractivity contribution in [2.45, 2.75) is 26.3 Å². The third-order valence-corrected chi connectivity index (χ3v) is 5.77. The Hall–Kier alpha value is -1.30. The summed E-state index contributed by atoms with van der Waals surface area (Å²) < 4.78 is 2.28. The second-order valence-electron chi connectivity index (χ2n) is 6.19. The highest BCUT2D eigenvalue weighted by molar-refractivity contribution is 7.13. The molecule has 0 spiro atoms. The SMILES string of the molecule is CCN1CCC(CON2Cc3cccn3-c3sccc32)CC1. The first-order chi connectivity index (χ1) is 10.8. The number of rotatable bonds is 4. The van der Waals surface area contributed by atoms with Crippen molar-refractivity contribution in [2.75, 3.05) is 31.3 Å². The van der Waals surface area contributed by atoms with Crippen LogP contribution < -0.4 is 5.06 Å². The zero-order chi connectivity index (χ0) is 14.9. The molecule has 4 rings (SSSR count).